The number of fused-ring (bicyclic) bond motifs is 1. The molecule has 0 spiro atoms. The highest BCUT2D eigenvalue weighted by atomic mass is 16.5. The molecule has 1 aliphatic rings. The SMILES string of the molecule is CCCCCOc1ccc(CN2CCC(Nc3ccc4ccccc4n3)CC2)cc1OCC. The van der Waals surface area contributed by atoms with Crippen molar-refractivity contribution in [1.29, 1.82) is 0 Å². The van der Waals surface area contributed by atoms with Crippen LogP contribution in [-0.2, 0) is 6.54 Å². The van der Waals surface area contributed by atoms with E-state index in [1.54, 1.807) is 0 Å². The molecule has 0 aliphatic carbocycles. The van der Waals surface area contributed by atoms with Gasteiger partial charge in [-0.05, 0) is 62.1 Å². The minimum atomic E-state index is 0.466. The van der Waals surface area contributed by atoms with Crippen LogP contribution in [0.3, 0.4) is 0 Å². The van der Waals surface area contributed by atoms with E-state index in [4.69, 9.17) is 14.5 Å². The number of hydrogen-bond donors (Lipinski definition) is 1. The molecule has 5 heteroatoms. The average Bonchev–Trinajstić information content (AvgIpc) is 2.84. The summed E-state index contributed by atoms with van der Waals surface area (Å²) in [6.07, 6.45) is 5.72. The molecular formula is C28H37N3O2. The Labute approximate surface area is 198 Å². The largest absolute Gasteiger partial charge is 0.490 e. The molecule has 0 amide bonds. The first-order valence-corrected chi connectivity index (χ1v) is 12.5. The molecular weight excluding hydrogens is 410 g/mol. The maximum absolute atomic E-state index is 5.98. The summed E-state index contributed by atoms with van der Waals surface area (Å²) in [4.78, 5) is 7.30. The van der Waals surface area contributed by atoms with E-state index >= 15 is 0 Å². The molecule has 0 bridgehead atoms. The van der Waals surface area contributed by atoms with Crippen LogP contribution in [0.4, 0.5) is 5.82 Å². The van der Waals surface area contributed by atoms with Gasteiger partial charge in [0.1, 0.15) is 5.82 Å². The minimum Gasteiger partial charge on any atom is -0.490 e. The standard InChI is InChI=1S/C28H37N3O2/c1-3-5-8-19-33-26-13-11-22(20-27(26)32-4-2)21-31-17-15-24(16-18-31)29-28-14-12-23-9-6-7-10-25(23)30-28/h6-7,9-14,20,24H,3-5,8,15-19,21H2,1-2H3,(H,29,30). The summed E-state index contributed by atoms with van der Waals surface area (Å²) in [7, 11) is 0. The van der Waals surface area contributed by atoms with E-state index in [2.05, 4.69) is 65.7 Å². The van der Waals surface area contributed by atoms with Gasteiger partial charge in [-0.3, -0.25) is 4.90 Å². The van der Waals surface area contributed by atoms with Gasteiger partial charge in [-0.15, -0.1) is 0 Å². The lowest BCUT2D eigenvalue weighted by molar-refractivity contribution is 0.210. The number of pyridine rings is 1. The Hall–Kier alpha value is -2.79. The zero-order chi connectivity index (χ0) is 22.9. The van der Waals surface area contributed by atoms with Crippen molar-refractivity contribution in [1.82, 2.24) is 9.88 Å². The number of aromatic nitrogens is 1. The van der Waals surface area contributed by atoms with Gasteiger partial charge in [0.25, 0.3) is 0 Å². The molecule has 2 heterocycles. The van der Waals surface area contributed by atoms with Crippen molar-refractivity contribution in [3.05, 3.63) is 60.2 Å². The Kier molecular flexibility index (Phi) is 8.42. The lowest BCUT2D eigenvalue weighted by Crippen LogP contribution is -2.38. The normalized spacial score (nSPS) is 15.0. The number of piperidine rings is 1. The number of ether oxygens (including phenoxy) is 2. The topological polar surface area (TPSA) is 46.6 Å². The minimum absolute atomic E-state index is 0.466. The van der Waals surface area contributed by atoms with E-state index in [1.165, 1.54) is 23.8 Å². The van der Waals surface area contributed by atoms with Gasteiger partial charge >= 0.3 is 0 Å². The molecule has 2 aromatic carbocycles. The van der Waals surface area contributed by atoms with Crippen LogP contribution in [-0.4, -0.2) is 42.2 Å². The van der Waals surface area contributed by atoms with E-state index in [1.807, 2.05) is 13.0 Å². The van der Waals surface area contributed by atoms with Crippen LogP contribution in [0.15, 0.2) is 54.6 Å². The molecule has 3 aromatic rings. The van der Waals surface area contributed by atoms with Gasteiger partial charge in [0.05, 0.1) is 18.7 Å². The Balaban J connectivity index is 1.29. The second kappa shape index (κ2) is 11.9. The van der Waals surface area contributed by atoms with Gasteiger partial charge < -0.3 is 14.8 Å². The number of unbranched alkanes of at least 4 members (excludes halogenated alkanes) is 2. The first kappa shape index (κ1) is 23.4. The first-order chi connectivity index (χ1) is 16.2. The van der Waals surface area contributed by atoms with Gasteiger partial charge in [-0.1, -0.05) is 44.0 Å². The zero-order valence-electron chi connectivity index (χ0n) is 20.1. The van der Waals surface area contributed by atoms with Crippen LogP contribution >= 0.6 is 0 Å². The third kappa shape index (κ3) is 6.61. The number of nitrogens with one attached hydrogen (secondary N) is 1. The summed E-state index contributed by atoms with van der Waals surface area (Å²) in [5.41, 5.74) is 2.32. The highest BCUT2D eigenvalue weighted by Gasteiger charge is 2.20. The third-order valence-electron chi connectivity index (χ3n) is 6.26. The van der Waals surface area contributed by atoms with Crippen LogP contribution in [0, 0.1) is 0 Å². The fraction of sp³-hybridized carbons (Fsp3) is 0.464. The second-order valence-corrected chi connectivity index (χ2v) is 8.85. The maximum atomic E-state index is 5.98. The van der Waals surface area contributed by atoms with E-state index in [0.717, 1.165) is 68.3 Å². The smallest absolute Gasteiger partial charge is 0.161 e. The van der Waals surface area contributed by atoms with Gasteiger partial charge in [-0.2, -0.15) is 0 Å². The molecule has 1 saturated heterocycles. The molecule has 0 saturated carbocycles. The molecule has 176 valence electrons. The molecule has 4 rings (SSSR count). The summed E-state index contributed by atoms with van der Waals surface area (Å²) in [6, 6.07) is 19.4. The van der Waals surface area contributed by atoms with Crippen molar-refractivity contribution in [2.24, 2.45) is 0 Å². The molecule has 0 unspecified atom stereocenters. The molecule has 1 fully saturated rings. The number of nitrogens with zero attached hydrogens (tertiary/aromatic N) is 2. The predicted molar refractivity (Wildman–Crippen MR) is 136 cm³/mol. The van der Waals surface area contributed by atoms with E-state index in [-0.39, 0.29) is 0 Å². The van der Waals surface area contributed by atoms with Crippen LogP contribution in [0.1, 0.15) is 51.5 Å². The highest BCUT2D eigenvalue weighted by molar-refractivity contribution is 5.80. The maximum Gasteiger partial charge on any atom is 0.161 e. The lowest BCUT2D eigenvalue weighted by atomic mass is 10.0. The highest BCUT2D eigenvalue weighted by Crippen LogP contribution is 2.30. The molecule has 1 N–H and O–H groups in total. The van der Waals surface area contributed by atoms with Crippen molar-refractivity contribution in [2.45, 2.75) is 58.5 Å². The van der Waals surface area contributed by atoms with Crippen molar-refractivity contribution in [3.8, 4) is 11.5 Å². The summed E-state index contributed by atoms with van der Waals surface area (Å²) in [5.74, 6) is 2.70. The Bertz CT molecular complexity index is 1010. The monoisotopic (exact) mass is 447 g/mol. The molecule has 0 radical (unpaired) electrons. The third-order valence-corrected chi connectivity index (χ3v) is 6.26. The number of rotatable bonds is 11. The van der Waals surface area contributed by atoms with Crippen molar-refractivity contribution in [2.75, 3.05) is 31.6 Å². The molecule has 1 aliphatic heterocycles. The summed E-state index contributed by atoms with van der Waals surface area (Å²) in [6.45, 7) is 8.72. The van der Waals surface area contributed by atoms with E-state index in [9.17, 15) is 0 Å². The van der Waals surface area contributed by atoms with Crippen LogP contribution < -0.4 is 14.8 Å². The number of likely N-dealkylation sites (tertiary alicyclic amines) is 1. The van der Waals surface area contributed by atoms with Crippen LogP contribution in [0.5, 0.6) is 11.5 Å². The zero-order valence-corrected chi connectivity index (χ0v) is 20.1. The average molecular weight is 448 g/mol. The molecule has 0 atom stereocenters. The van der Waals surface area contributed by atoms with Gasteiger partial charge in [0.2, 0.25) is 0 Å². The van der Waals surface area contributed by atoms with Crippen molar-refractivity contribution in [3.63, 3.8) is 0 Å². The fourth-order valence-corrected chi connectivity index (χ4v) is 4.42. The molecule has 1 aromatic heterocycles. The number of para-hydroxylation sites is 1. The van der Waals surface area contributed by atoms with E-state index in [0.29, 0.717) is 12.6 Å². The fourth-order valence-electron chi connectivity index (χ4n) is 4.42. The predicted octanol–water partition coefficient (Wildman–Crippen LogP) is 6.28. The van der Waals surface area contributed by atoms with E-state index < -0.39 is 0 Å². The van der Waals surface area contributed by atoms with Crippen LogP contribution in [0.25, 0.3) is 10.9 Å². The molecule has 5 nitrogen and oxygen atoms in total. The number of anilines is 1. The summed E-state index contributed by atoms with van der Waals surface area (Å²) < 4.78 is 11.9. The molecule has 33 heavy (non-hydrogen) atoms. The quantitative estimate of drug-likeness (QED) is 0.351. The Morgan fingerprint density at radius 2 is 1.79 bits per heavy atom. The number of benzene rings is 2. The lowest BCUT2D eigenvalue weighted by Gasteiger charge is -2.32. The van der Waals surface area contributed by atoms with Gasteiger partial charge in [-0.25, -0.2) is 4.98 Å². The number of hydrogen-bond acceptors (Lipinski definition) is 5. The summed E-state index contributed by atoms with van der Waals surface area (Å²) in [5, 5.41) is 4.83. The van der Waals surface area contributed by atoms with Crippen molar-refractivity contribution < 1.29 is 9.47 Å². The van der Waals surface area contributed by atoms with Crippen LogP contribution in [0.2, 0.25) is 0 Å². The van der Waals surface area contributed by atoms with Crippen molar-refractivity contribution >= 4 is 16.7 Å². The Morgan fingerprint density at radius 1 is 0.939 bits per heavy atom. The first-order valence-electron chi connectivity index (χ1n) is 12.5. The second-order valence-electron chi connectivity index (χ2n) is 8.85. The Morgan fingerprint density at radius 3 is 2.61 bits per heavy atom. The van der Waals surface area contributed by atoms with Gasteiger partial charge in [0, 0.05) is 31.1 Å². The summed E-state index contributed by atoms with van der Waals surface area (Å²) >= 11 is 0. The van der Waals surface area contributed by atoms with Gasteiger partial charge in [0.15, 0.2) is 11.5 Å².